The fourth-order valence-corrected chi connectivity index (χ4v) is 6.38. The quantitative estimate of drug-likeness (QED) is 0.324. The van der Waals surface area contributed by atoms with Crippen LogP contribution in [0.2, 0.25) is 0 Å². The lowest BCUT2D eigenvalue weighted by Crippen LogP contribution is -2.42. The Morgan fingerprint density at radius 3 is 1.43 bits per heavy atom. The van der Waals surface area contributed by atoms with Gasteiger partial charge in [-0.2, -0.15) is 0 Å². The lowest BCUT2D eigenvalue weighted by molar-refractivity contribution is 0.429. The van der Waals surface area contributed by atoms with Gasteiger partial charge >= 0.3 is 0 Å². The van der Waals surface area contributed by atoms with Crippen molar-refractivity contribution in [2.24, 2.45) is 0 Å². The van der Waals surface area contributed by atoms with E-state index < -0.39 is 0 Å². The summed E-state index contributed by atoms with van der Waals surface area (Å²) in [6.07, 6.45) is 5.07. The van der Waals surface area contributed by atoms with Crippen LogP contribution in [0.4, 0.5) is 0 Å². The highest BCUT2D eigenvalue weighted by Gasteiger charge is 2.19. The van der Waals surface area contributed by atoms with Crippen LogP contribution in [-0.2, 0) is 0 Å². The van der Waals surface area contributed by atoms with Crippen LogP contribution in [-0.4, -0.2) is 35.7 Å². The van der Waals surface area contributed by atoms with Gasteiger partial charge in [0, 0.05) is 22.6 Å². The summed E-state index contributed by atoms with van der Waals surface area (Å²) in [7, 11) is 5.89. The van der Waals surface area contributed by atoms with Gasteiger partial charge in [0.2, 0.25) is 0 Å². The average Bonchev–Trinajstić information content (AvgIpc) is 2.38. The Balaban J connectivity index is 3.65. The Hall–Kier alpha value is 0.970. The molecule has 128 valence electrons. The lowest BCUT2D eigenvalue weighted by Gasteiger charge is -2.27. The molecule has 0 aromatic heterocycles. The van der Waals surface area contributed by atoms with Crippen LogP contribution in [0.25, 0.3) is 0 Å². The summed E-state index contributed by atoms with van der Waals surface area (Å²) in [6, 6.07) is 0. The summed E-state index contributed by atoms with van der Waals surface area (Å²) in [4.78, 5) is 0. The van der Waals surface area contributed by atoms with Crippen LogP contribution >= 0.6 is 31.4 Å². The Bertz CT molecular complexity index is 222. The molecule has 0 spiro atoms. The second kappa shape index (κ2) is 12.4. The third kappa shape index (κ3) is 14.3. The summed E-state index contributed by atoms with van der Waals surface area (Å²) >= 11 is 0. The first-order valence-electron chi connectivity index (χ1n) is 8.24. The van der Waals surface area contributed by atoms with E-state index in [4.69, 9.17) is 0 Å². The largest absolute Gasteiger partial charge is 0.311 e. The molecule has 0 aliphatic carbocycles. The number of nitrogens with one attached hydrogen (secondary N) is 2. The van der Waals surface area contributed by atoms with Crippen LogP contribution < -0.4 is 10.6 Å². The van der Waals surface area contributed by atoms with Crippen molar-refractivity contribution in [1.29, 1.82) is 0 Å². The standard InChI is InChI=1S/C16H36N2S3/c1-7-9-11-17-15(3,4)13-19-21-20-14-16(5,6)18-12-10-8-2/h17-18H,7-14H2,1-6H3. The van der Waals surface area contributed by atoms with E-state index in [0.29, 0.717) is 0 Å². The highest BCUT2D eigenvalue weighted by atomic mass is 33.5. The molecule has 0 heterocycles. The molecule has 0 aliphatic heterocycles. The van der Waals surface area contributed by atoms with E-state index >= 15 is 0 Å². The first kappa shape index (κ1) is 22.0. The maximum Gasteiger partial charge on any atom is 0.0224 e. The molecule has 0 radical (unpaired) electrons. The molecule has 0 rings (SSSR count). The van der Waals surface area contributed by atoms with Gasteiger partial charge in [-0.05, 0) is 63.5 Å². The number of unbranched alkanes of at least 4 members (excludes halogenated alkanes) is 2. The maximum atomic E-state index is 3.65. The molecular formula is C16H36N2S3. The van der Waals surface area contributed by atoms with E-state index in [2.05, 4.69) is 52.2 Å². The summed E-state index contributed by atoms with van der Waals surface area (Å²) in [5.41, 5.74) is 0.477. The van der Waals surface area contributed by atoms with Crippen LogP contribution in [0, 0.1) is 0 Å². The molecule has 2 N–H and O–H groups in total. The third-order valence-corrected chi connectivity index (χ3v) is 8.09. The fraction of sp³-hybridized carbons (Fsp3) is 1.00. The van der Waals surface area contributed by atoms with Gasteiger partial charge in [0.05, 0.1) is 0 Å². The maximum absolute atomic E-state index is 3.65. The van der Waals surface area contributed by atoms with Crippen molar-refractivity contribution in [3.63, 3.8) is 0 Å². The summed E-state index contributed by atoms with van der Waals surface area (Å²) in [5, 5.41) is 7.29. The molecule has 0 unspecified atom stereocenters. The van der Waals surface area contributed by atoms with Crippen molar-refractivity contribution < 1.29 is 0 Å². The average molecular weight is 353 g/mol. The number of rotatable bonds is 14. The van der Waals surface area contributed by atoms with Gasteiger partial charge in [0.15, 0.2) is 0 Å². The molecule has 0 aliphatic rings. The first-order valence-corrected chi connectivity index (χ1v) is 12.1. The Kier molecular flexibility index (Phi) is 13.0. The molecular weight excluding hydrogens is 316 g/mol. The summed E-state index contributed by atoms with van der Waals surface area (Å²) in [6.45, 7) is 16.0. The SMILES string of the molecule is CCCCNC(C)(C)CSSSCC(C)(C)NCCCC. The van der Waals surface area contributed by atoms with Crippen LogP contribution in [0.3, 0.4) is 0 Å². The zero-order chi connectivity index (χ0) is 16.2. The van der Waals surface area contributed by atoms with Gasteiger partial charge in [-0.25, -0.2) is 0 Å². The lowest BCUT2D eigenvalue weighted by atomic mass is 10.1. The summed E-state index contributed by atoms with van der Waals surface area (Å²) < 4.78 is 0. The highest BCUT2D eigenvalue weighted by Crippen LogP contribution is 2.38. The van der Waals surface area contributed by atoms with Crippen molar-refractivity contribution in [3.8, 4) is 0 Å². The molecule has 0 aromatic carbocycles. The second-order valence-electron chi connectivity index (χ2n) is 6.92. The summed E-state index contributed by atoms with van der Waals surface area (Å²) in [5.74, 6) is 2.30. The monoisotopic (exact) mass is 352 g/mol. The molecule has 2 nitrogen and oxygen atoms in total. The molecule has 0 saturated carbocycles. The zero-order valence-electron chi connectivity index (χ0n) is 14.9. The van der Waals surface area contributed by atoms with Gasteiger partial charge in [0.1, 0.15) is 0 Å². The minimum atomic E-state index is 0.238. The van der Waals surface area contributed by atoms with Gasteiger partial charge < -0.3 is 10.6 Å². The Morgan fingerprint density at radius 1 is 0.714 bits per heavy atom. The van der Waals surface area contributed by atoms with Crippen molar-refractivity contribution in [3.05, 3.63) is 0 Å². The second-order valence-corrected chi connectivity index (χ2v) is 11.2. The molecule has 0 fully saturated rings. The van der Waals surface area contributed by atoms with E-state index in [1.807, 2.05) is 31.4 Å². The topological polar surface area (TPSA) is 24.1 Å². The van der Waals surface area contributed by atoms with Crippen molar-refractivity contribution in [2.75, 3.05) is 24.6 Å². The van der Waals surface area contributed by atoms with Gasteiger partial charge in [-0.3, -0.25) is 0 Å². The van der Waals surface area contributed by atoms with Gasteiger partial charge in [-0.15, -0.1) is 0 Å². The van der Waals surface area contributed by atoms with E-state index in [0.717, 1.165) is 24.6 Å². The zero-order valence-corrected chi connectivity index (χ0v) is 17.3. The minimum Gasteiger partial charge on any atom is -0.311 e. The normalized spacial score (nSPS) is 12.9. The van der Waals surface area contributed by atoms with E-state index in [1.165, 1.54) is 25.7 Å². The molecule has 0 aromatic rings. The molecule has 0 saturated heterocycles. The third-order valence-electron chi connectivity index (χ3n) is 3.20. The smallest absolute Gasteiger partial charge is 0.0224 e. The Morgan fingerprint density at radius 2 is 1.10 bits per heavy atom. The van der Waals surface area contributed by atoms with Crippen LogP contribution in [0.1, 0.15) is 67.2 Å². The van der Waals surface area contributed by atoms with E-state index in [9.17, 15) is 0 Å². The van der Waals surface area contributed by atoms with Crippen molar-refractivity contribution in [1.82, 2.24) is 10.6 Å². The number of hydrogen-bond donors (Lipinski definition) is 2. The van der Waals surface area contributed by atoms with E-state index in [-0.39, 0.29) is 11.1 Å². The van der Waals surface area contributed by atoms with Crippen molar-refractivity contribution in [2.45, 2.75) is 78.3 Å². The fourth-order valence-electron chi connectivity index (χ4n) is 1.69. The Labute approximate surface area is 144 Å². The predicted molar refractivity (Wildman–Crippen MR) is 106 cm³/mol. The van der Waals surface area contributed by atoms with Crippen LogP contribution in [0.5, 0.6) is 0 Å². The highest BCUT2D eigenvalue weighted by molar-refractivity contribution is 9.09. The van der Waals surface area contributed by atoms with Gasteiger partial charge in [0.25, 0.3) is 0 Å². The van der Waals surface area contributed by atoms with E-state index in [1.54, 1.807) is 0 Å². The van der Waals surface area contributed by atoms with Crippen molar-refractivity contribution >= 4 is 31.4 Å². The predicted octanol–water partition coefficient (Wildman–Crippen LogP) is 5.35. The van der Waals surface area contributed by atoms with Gasteiger partial charge in [-0.1, -0.05) is 48.3 Å². The molecule has 5 heteroatoms. The molecule has 0 bridgehead atoms. The van der Waals surface area contributed by atoms with Crippen LogP contribution in [0.15, 0.2) is 0 Å². The molecule has 21 heavy (non-hydrogen) atoms. The molecule has 0 atom stereocenters. The molecule has 0 amide bonds. The number of hydrogen-bond acceptors (Lipinski definition) is 5. The minimum absolute atomic E-state index is 0.238. The first-order chi connectivity index (χ1) is 9.83.